The minimum absolute atomic E-state index is 0.519. The Hall–Kier alpha value is -2.60. The van der Waals surface area contributed by atoms with E-state index in [4.69, 9.17) is 19.4 Å². The summed E-state index contributed by atoms with van der Waals surface area (Å²) in [6.07, 6.45) is 1.63. The molecule has 0 aliphatic carbocycles. The Morgan fingerprint density at radius 1 is 1.17 bits per heavy atom. The summed E-state index contributed by atoms with van der Waals surface area (Å²) in [5, 5.41) is 9.60. The molecule has 0 N–H and O–H groups in total. The zero-order valence-corrected chi connectivity index (χ0v) is 13.1. The van der Waals surface area contributed by atoms with Crippen molar-refractivity contribution in [3.05, 3.63) is 53.8 Å². The summed E-state index contributed by atoms with van der Waals surface area (Å²) in [7, 11) is 7.83. The van der Waals surface area contributed by atoms with Gasteiger partial charge in [0.1, 0.15) is 20.0 Å². The average molecular weight is 320 g/mol. The Kier molecular flexibility index (Phi) is 3.20. The number of benzene rings is 2. The quantitative estimate of drug-likeness (QED) is 0.533. The van der Waals surface area contributed by atoms with Crippen molar-refractivity contribution < 1.29 is 0 Å². The van der Waals surface area contributed by atoms with Gasteiger partial charge in [-0.1, -0.05) is 29.2 Å². The molecule has 0 aliphatic rings. The van der Waals surface area contributed by atoms with Crippen LogP contribution in [0.2, 0.25) is 5.02 Å². The first kappa shape index (κ1) is 14.0. The molecule has 2 aromatic carbocycles. The van der Waals surface area contributed by atoms with E-state index in [-0.39, 0.29) is 0 Å². The van der Waals surface area contributed by atoms with Gasteiger partial charge in [-0.25, -0.2) is 0 Å². The van der Waals surface area contributed by atoms with Crippen LogP contribution in [0.4, 0.5) is 11.5 Å². The van der Waals surface area contributed by atoms with Gasteiger partial charge in [0, 0.05) is 23.1 Å². The smallest absolute Gasteiger partial charge is 0.257 e. The lowest BCUT2D eigenvalue weighted by Crippen LogP contribution is -2.15. The Labute approximate surface area is 138 Å². The minimum Gasteiger partial charge on any atom is -0.329 e. The highest BCUT2D eigenvalue weighted by molar-refractivity contribution is 6.32. The van der Waals surface area contributed by atoms with Crippen LogP contribution < -0.4 is 10.4 Å². The highest BCUT2D eigenvalue weighted by Gasteiger charge is 2.14. The van der Waals surface area contributed by atoms with Crippen LogP contribution in [0.15, 0.2) is 48.8 Å². The van der Waals surface area contributed by atoms with Crippen molar-refractivity contribution in [1.82, 2.24) is 19.6 Å². The molecule has 0 saturated heterocycles. The van der Waals surface area contributed by atoms with Crippen LogP contribution in [0.1, 0.15) is 0 Å². The van der Waals surface area contributed by atoms with Crippen LogP contribution in [0, 0.1) is 0 Å². The molecule has 0 fully saturated rings. The first-order chi connectivity index (χ1) is 11.1. The van der Waals surface area contributed by atoms with E-state index in [1.807, 2.05) is 58.8 Å². The van der Waals surface area contributed by atoms with E-state index in [2.05, 4.69) is 15.2 Å². The molecular weight excluding hydrogens is 308 g/mol. The molecule has 23 heavy (non-hydrogen) atoms. The topological polar surface area (TPSA) is 46.3 Å². The van der Waals surface area contributed by atoms with Crippen LogP contribution in [0.3, 0.4) is 0 Å². The molecule has 2 radical (unpaired) electrons. The first-order valence-electron chi connectivity index (χ1n) is 7.02. The lowest BCUT2D eigenvalue weighted by molar-refractivity contribution is 1.08. The first-order valence-corrected chi connectivity index (χ1v) is 7.39. The largest absolute Gasteiger partial charge is 0.329 e. The molecule has 2 heterocycles. The number of anilines is 2. The van der Waals surface area contributed by atoms with Crippen molar-refractivity contribution in [2.75, 3.05) is 11.9 Å². The number of hydrogen-bond donors (Lipinski definition) is 0. The zero-order valence-electron chi connectivity index (χ0n) is 12.3. The maximum Gasteiger partial charge on any atom is 0.257 e. The van der Waals surface area contributed by atoms with E-state index in [9.17, 15) is 0 Å². The summed E-state index contributed by atoms with van der Waals surface area (Å²) < 4.78 is 1.82. The van der Waals surface area contributed by atoms with E-state index < -0.39 is 0 Å². The van der Waals surface area contributed by atoms with Gasteiger partial charge in [-0.2, -0.15) is 4.98 Å². The summed E-state index contributed by atoms with van der Waals surface area (Å²) in [6.45, 7) is 0. The van der Waals surface area contributed by atoms with Crippen molar-refractivity contribution in [2.24, 2.45) is 0 Å². The molecule has 0 spiro atoms. The molecule has 0 amide bonds. The van der Waals surface area contributed by atoms with E-state index >= 15 is 0 Å². The Balaban J connectivity index is 2.01. The summed E-state index contributed by atoms with van der Waals surface area (Å²) in [5.74, 6) is 1.29. The molecule has 5 nitrogen and oxygen atoms in total. The fourth-order valence-electron chi connectivity index (χ4n) is 2.63. The zero-order chi connectivity index (χ0) is 16.0. The molecule has 0 atom stereocenters. The fourth-order valence-corrected chi connectivity index (χ4v) is 2.80. The van der Waals surface area contributed by atoms with Gasteiger partial charge in [-0.15, -0.1) is 10.2 Å². The number of rotatable bonds is 2. The molecule has 0 aliphatic heterocycles. The minimum atomic E-state index is 0.519. The second-order valence-corrected chi connectivity index (χ2v) is 5.69. The summed E-state index contributed by atoms with van der Waals surface area (Å²) in [5.41, 5.74) is 2.54. The maximum atomic E-state index is 6.15. The predicted molar refractivity (Wildman–Crippen MR) is 93.2 cm³/mol. The number of nitrogens with zero attached hydrogens (tertiary/aromatic N) is 5. The van der Waals surface area contributed by atoms with E-state index in [0.29, 0.717) is 16.3 Å². The maximum absolute atomic E-state index is 6.15. The van der Waals surface area contributed by atoms with E-state index in [0.717, 1.165) is 22.4 Å². The van der Waals surface area contributed by atoms with Crippen molar-refractivity contribution >= 4 is 53.1 Å². The molecule has 4 aromatic rings. The Morgan fingerprint density at radius 2 is 2.04 bits per heavy atom. The highest BCUT2D eigenvalue weighted by atomic mass is 35.5. The third-order valence-electron chi connectivity index (χ3n) is 3.77. The van der Waals surface area contributed by atoms with Gasteiger partial charge >= 0.3 is 0 Å². The molecule has 0 bridgehead atoms. The highest BCUT2D eigenvalue weighted by Crippen LogP contribution is 2.30. The van der Waals surface area contributed by atoms with Crippen LogP contribution in [0.5, 0.6) is 0 Å². The van der Waals surface area contributed by atoms with Gasteiger partial charge < -0.3 is 4.90 Å². The van der Waals surface area contributed by atoms with Gasteiger partial charge in [-0.3, -0.25) is 4.40 Å². The van der Waals surface area contributed by atoms with Crippen LogP contribution >= 0.6 is 11.6 Å². The lowest BCUT2D eigenvalue weighted by Gasteiger charge is -2.21. The molecule has 110 valence electrons. The molecular formula is C16H11BClN5. The Morgan fingerprint density at radius 3 is 2.87 bits per heavy atom. The molecule has 4 rings (SSSR count). The van der Waals surface area contributed by atoms with Crippen molar-refractivity contribution in [1.29, 1.82) is 0 Å². The second-order valence-electron chi connectivity index (χ2n) is 5.25. The molecule has 7 heteroatoms. The fraction of sp³-hybridized carbons (Fsp3) is 0.0625. The normalized spacial score (nSPS) is 11.2. The third kappa shape index (κ3) is 2.31. The van der Waals surface area contributed by atoms with Crippen molar-refractivity contribution in [2.45, 2.75) is 0 Å². The van der Waals surface area contributed by atoms with Crippen molar-refractivity contribution in [3.8, 4) is 0 Å². The summed E-state index contributed by atoms with van der Waals surface area (Å²) >= 11 is 6.15. The monoisotopic (exact) mass is 319 g/mol. The number of halogens is 1. The van der Waals surface area contributed by atoms with E-state index in [1.54, 1.807) is 6.33 Å². The average Bonchev–Trinajstić information content (AvgIpc) is 3.02. The van der Waals surface area contributed by atoms with Crippen LogP contribution in [-0.2, 0) is 0 Å². The molecule has 0 unspecified atom stereocenters. The van der Waals surface area contributed by atoms with Gasteiger partial charge in [0.15, 0.2) is 0 Å². The standard InChI is InChI=1S/C16H11BClN5/c1-22(12-4-2-3-10(17)7-12)15-13-6-5-11(18)8-14(13)23-9-19-21-16(23)20-15/h2-9H,1H3. The predicted octanol–water partition coefficient (Wildman–Crippen LogP) is 2.49. The Bertz CT molecular complexity index is 1030. The number of fused-ring (bicyclic) bond motifs is 3. The van der Waals surface area contributed by atoms with Gasteiger partial charge in [0.25, 0.3) is 5.78 Å². The SMILES string of the molecule is [B]c1cccc(N(C)c2nc3nncn3c3cc(Cl)ccc23)c1. The lowest BCUT2D eigenvalue weighted by atomic mass is 9.96. The summed E-state index contributed by atoms with van der Waals surface area (Å²) in [6, 6.07) is 13.3. The molecule has 2 aromatic heterocycles. The van der Waals surface area contributed by atoms with Gasteiger partial charge in [-0.05, 0) is 30.3 Å². The third-order valence-corrected chi connectivity index (χ3v) is 4.01. The second kappa shape index (κ2) is 5.24. The summed E-state index contributed by atoms with van der Waals surface area (Å²) in [4.78, 5) is 6.60. The number of hydrogen-bond acceptors (Lipinski definition) is 4. The van der Waals surface area contributed by atoms with Crippen molar-refractivity contribution in [3.63, 3.8) is 0 Å². The number of aromatic nitrogens is 4. The van der Waals surface area contributed by atoms with Crippen LogP contribution in [0.25, 0.3) is 16.7 Å². The van der Waals surface area contributed by atoms with Gasteiger partial charge in [0.2, 0.25) is 0 Å². The van der Waals surface area contributed by atoms with E-state index in [1.165, 1.54) is 0 Å². The van der Waals surface area contributed by atoms with Gasteiger partial charge in [0.05, 0.1) is 5.52 Å². The molecule has 0 saturated carbocycles. The van der Waals surface area contributed by atoms with Crippen LogP contribution in [-0.4, -0.2) is 34.5 Å².